The van der Waals surface area contributed by atoms with Crippen molar-refractivity contribution in [3.8, 4) is 0 Å². The van der Waals surface area contributed by atoms with Crippen molar-refractivity contribution < 1.29 is 0 Å². The maximum absolute atomic E-state index is 4.55. The first-order chi connectivity index (χ1) is 10.2. The second kappa shape index (κ2) is 7.84. The zero-order valence-corrected chi connectivity index (χ0v) is 13.1. The Morgan fingerprint density at radius 1 is 1.05 bits per heavy atom. The summed E-state index contributed by atoms with van der Waals surface area (Å²) >= 11 is 0. The third-order valence-electron chi connectivity index (χ3n) is 3.51. The van der Waals surface area contributed by atoms with Gasteiger partial charge in [0.25, 0.3) is 0 Å². The van der Waals surface area contributed by atoms with Crippen LogP contribution in [0.1, 0.15) is 49.0 Å². The molecule has 0 saturated carbocycles. The monoisotopic (exact) mass is 284 g/mol. The Morgan fingerprint density at radius 3 is 2.48 bits per heavy atom. The van der Waals surface area contributed by atoms with E-state index in [4.69, 9.17) is 0 Å². The molecule has 21 heavy (non-hydrogen) atoms. The van der Waals surface area contributed by atoms with Gasteiger partial charge >= 0.3 is 0 Å². The Bertz CT molecular complexity index is 534. The first kappa shape index (κ1) is 15.6. The molecular weight excluding hydrogens is 260 g/mol. The van der Waals surface area contributed by atoms with Gasteiger partial charge in [0.05, 0.1) is 23.6 Å². The Morgan fingerprint density at radius 2 is 1.90 bits per heavy atom. The van der Waals surface area contributed by atoms with E-state index in [1.807, 2.05) is 25.5 Å². The Kier molecular flexibility index (Phi) is 5.81. The maximum Gasteiger partial charge on any atom is 0.0760 e. The van der Waals surface area contributed by atoms with Gasteiger partial charge in [0.15, 0.2) is 0 Å². The lowest BCUT2D eigenvalue weighted by atomic mass is 10.1. The van der Waals surface area contributed by atoms with Gasteiger partial charge in [-0.2, -0.15) is 0 Å². The lowest BCUT2D eigenvalue weighted by Crippen LogP contribution is -2.25. The predicted molar refractivity (Wildman–Crippen MR) is 85.1 cm³/mol. The third kappa shape index (κ3) is 4.60. The molecule has 4 nitrogen and oxygen atoms in total. The molecule has 1 N–H and O–H groups in total. The number of rotatable bonds is 7. The molecule has 0 radical (unpaired) electrons. The van der Waals surface area contributed by atoms with Crippen molar-refractivity contribution in [2.24, 2.45) is 0 Å². The summed E-state index contributed by atoms with van der Waals surface area (Å²) in [5.74, 6) is 0. The minimum Gasteiger partial charge on any atom is -0.308 e. The fourth-order valence-electron chi connectivity index (χ4n) is 2.18. The van der Waals surface area contributed by atoms with Crippen LogP contribution in [0.4, 0.5) is 0 Å². The molecule has 2 aromatic heterocycles. The lowest BCUT2D eigenvalue weighted by molar-refractivity contribution is 0.511. The van der Waals surface area contributed by atoms with Crippen molar-refractivity contribution in [2.75, 3.05) is 6.54 Å². The van der Waals surface area contributed by atoms with Crippen LogP contribution in [0.2, 0.25) is 0 Å². The number of nitrogens with one attached hydrogen (secondary N) is 1. The molecule has 0 aliphatic heterocycles. The quantitative estimate of drug-likeness (QED) is 0.849. The van der Waals surface area contributed by atoms with Crippen LogP contribution < -0.4 is 5.32 Å². The second-order valence-electron chi connectivity index (χ2n) is 5.30. The van der Waals surface area contributed by atoms with Crippen LogP contribution in [-0.4, -0.2) is 21.5 Å². The van der Waals surface area contributed by atoms with E-state index in [2.05, 4.69) is 46.2 Å². The molecule has 2 rings (SSSR count). The summed E-state index contributed by atoms with van der Waals surface area (Å²) in [6.07, 6.45) is 8.60. The molecule has 0 fully saturated rings. The molecule has 1 unspecified atom stereocenters. The topological polar surface area (TPSA) is 50.7 Å². The number of pyridine rings is 1. The van der Waals surface area contributed by atoms with Crippen LogP contribution in [0.15, 0.2) is 30.7 Å². The molecular formula is C17H24N4. The number of nitrogens with zero attached hydrogens (tertiary/aromatic N) is 3. The molecule has 0 spiro atoms. The van der Waals surface area contributed by atoms with Crippen LogP contribution in [0, 0.1) is 6.92 Å². The molecule has 2 aromatic rings. The van der Waals surface area contributed by atoms with Gasteiger partial charge in [0, 0.05) is 24.5 Å². The van der Waals surface area contributed by atoms with Crippen LogP contribution in [0.5, 0.6) is 0 Å². The molecule has 0 aliphatic carbocycles. The maximum atomic E-state index is 4.55. The average molecular weight is 284 g/mol. The van der Waals surface area contributed by atoms with Gasteiger partial charge in [0.1, 0.15) is 0 Å². The fourth-order valence-corrected chi connectivity index (χ4v) is 2.18. The highest BCUT2D eigenvalue weighted by atomic mass is 15.0. The van der Waals surface area contributed by atoms with Gasteiger partial charge in [-0.15, -0.1) is 0 Å². The normalized spacial score (nSPS) is 12.3. The van der Waals surface area contributed by atoms with Crippen LogP contribution in [0.25, 0.3) is 0 Å². The molecule has 0 saturated heterocycles. The van der Waals surface area contributed by atoms with Crippen LogP contribution >= 0.6 is 0 Å². The lowest BCUT2D eigenvalue weighted by Gasteiger charge is -2.17. The van der Waals surface area contributed by atoms with E-state index in [0.29, 0.717) is 0 Å². The van der Waals surface area contributed by atoms with Crippen LogP contribution in [0.3, 0.4) is 0 Å². The van der Waals surface area contributed by atoms with E-state index in [1.54, 1.807) is 0 Å². The summed E-state index contributed by atoms with van der Waals surface area (Å²) in [6.45, 7) is 7.23. The van der Waals surface area contributed by atoms with E-state index in [-0.39, 0.29) is 6.04 Å². The number of hydrogen-bond acceptors (Lipinski definition) is 4. The van der Waals surface area contributed by atoms with E-state index in [9.17, 15) is 0 Å². The summed E-state index contributed by atoms with van der Waals surface area (Å²) in [5, 5.41) is 3.54. The largest absolute Gasteiger partial charge is 0.308 e. The van der Waals surface area contributed by atoms with Crippen molar-refractivity contribution in [1.82, 2.24) is 20.3 Å². The third-order valence-corrected chi connectivity index (χ3v) is 3.51. The standard InChI is InChI=1S/C17H24N4/c1-4-8-18-16(17-12-19-13(3)10-21-17)9-15-7-6-14(5-2)11-20-15/h6-7,10-12,16,18H,4-5,8-9H2,1-3H3. The molecule has 0 bridgehead atoms. The molecule has 0 aliphatic rings. The fraction of sp³-hybridized carbons (Fsp3) is 0.471. The molecule has 0 amide bonds. The van der Waals surface area contributed by atoms with Gasteiger partial charge in [-0.1, -0.05) is 19.9 Å². The highest BCUT2D eigenvalue weighted by molar-refractivity contribution is 5.17. The van der Waals surface area contributed by atoms with Crippen molar-refractivity contribution >= 4 is 0 Å². The van der Waals surface area contributed by atoms with Gasteiger partial charge in [-0.3, -0.25) is 15.0 Å². The predicted octanol–water partition coefficient (Wildman–Crippen LogP) is 3.03. The van der Waals surface area contributed by atoms with Gasteiger partial charge < -0.3 is 5.32 Å². The van der Waals surface area contributed by atoms with E-state index >= 15 is 0 Å². The summed E-state index contributed by atoms with van der Waals surface area (Å²) in [5.41, 5.74) is 4.28. The first-order valence-corrected chi connectivity index (χ1v) is 7.68. The average Bonchev–Trinajstić information content (AvgIpc) is 2.53. The second-order valence-corrected chi connectivity index (χ2v) is 5.30. The number of aryl methyl sites for hydroxylation is 2. The Balaban J connectivity index is 2.13. The summed E-state index contributed by atoms with van der Waals surface area (Å²) in [7, 11) is 0. The summed E-state index contributed by atoms with van der Waals surface area (Å²) in [4.78, 5) is 13.4. The number of hydrogen-bond donors (Lipinski definition) is 1. The van der Waals surface area contributed by atoms with Crippen molar-refractivity contribution in [3.63, 3.8) is 0 Å². The first-order valence-electron chi connectivity index (χ1n) is 7.68. The van der Waals surface area contributed by atoms with Crippen LogP contribution in [-0.2, 0) is 12.8 Å². The highest BCUT2D eigenvalue weighted by Crippen LogP contribution is 2.15. The van der Waals surface area contributed by atoms with Gasteiger partial charge in [0.2, 0.25) is 0 Å². The molecule has 2 heterocycles. The van der Waals surface area contributed by atoms with Gasteiger partial charge in [-0.25, -0.2) is 0 Å². The zero-order chi connectivity index (χ0) is 15.1. The minimum atomic E-state index is 0.165. The van der Waals surface area contributed by atoms with Crippen molar-refractivity contribution in [2.45, 2.75) is 46.1 Å². The molecule has 4 heteroatoms. The highest BCUT2D eigenvalue weighted by Gasteiger charge is 2.14. The molecule has 112 valence electrons. The summed E-state index contributed by atoms with van der Waals surface area (Å²) < 4.78 is 0. The van der Waals surface area contributed by atoms with E-state index in [0.717, 1.165) is 42.9 Å². The zero-order valence-electron chi connectivity index (χ0n) is 13.1. The SMILES string of the molecule is CCCNC(Cc1ccc(CC)cn1)c1cnc(C)cn1. The molecule has 0 aromatic carbocycles. The smallest absolute Gasteiger partial charge is 0.0760 e. The van der Waals surface area contributed by atoms with E-state index < -0.39 is 0 Å². The van der Waals surface area contributed by atoms with E-state index in [1.165, 1.54) is 5.56 Å². The summed E-state index contributed by atoms with van der Waals surface area (Å²) in [6, 6.07) is 4.43. The molecule has 1 atom stereocenters. The Hall–Kier alpha value is -1.81. The van der Waals surface area contributed by atoms with Crippen molar-refractivity contribution in [3.05, 3.63) is 53.4 Å². The minimum absolute atomic E-state index is 0.165. The van der Waals surface area contributed by atoms with Gasteiger partial charge in [-0.05, 0) is 37.9 Å². The Labute approximate surface area is 127 Å². The number of aromatic nitrogens is 3. The van der Waals surface area contributed by atoms with Crippen molar-refractivity contribution in [1.29, 1.82) is 0 Å².